The maximum atomic E-state index is 13.2. The summed E-state index contributed by atoms with van der Waals surface area (Å²) < 4.78 is 2.81. The first-order chi connectivity index (χ1) is 12.1. The molecule has 1 amide bonds. The molecular weight excluding hydrogens is 380 g/mol. The Hall–Kier alpha value is -2.21. The third kappa shape index (κ3) is 3.74. The van der Waals surface area contributed by atoms with E-state index in [1.165, 1.54) is 5.56 Å². The Labute approximate surface area is 155 Å². The number of hydrogen-bond acceptors (Lipinski definition) is 3. The number of imidazole rings is 1. The van der Waals surface area contributed by atoms with Gasteiger partial charge >= 0.3 is 0 Å². The first kappa shape index (κ1) is 17.6. The van der Waals surface area contributed by atoms with Crippen LogP contribution >= 0.6 is 15.9 Å². The van der Waals surface area contributed by atoms with Crippen molar-refractivity contribution in [2.75, 3.05) is 13.1 Å². The van der Waals surface area contributed by atoms with E-state index in [2.05, 4.69) is 25.9 Å². The number of aromatic nitrogens is 3. The second-order valence-electron chi connectivity index (χ2n) is 5.83. The van der Waals surface area contributed by atoms with Gasteiger partial charge in [-0.15, -0.1) is 0 Å². The van der Waals surface area contributed by atoms with E-state index >= 15 is 0 Å². The summed E-state index contributed by atoms with van der Waals surface area (Å²) >= 11 is 3.48. The second-order valence-corrected chi connectivity index (χ2v) is 6.74. The summed E-state index contributed by atoms with van der Waals surface area (Å²) in [6.07, 6.45) is 7.01. The van der Waals surface area contributed by atoms with Gasteiger partial charge < -0.3 is 4.90 Å². The molecule has 0 spiro atoms. The summed E-state index contributed by atoms with van der Waals surface area (Å²) in [7, 11) is 0. The van der Waals surface area contributed by atoms with Gasteiger partial charge in [-0.05, 0) is 65.5 Å². The number of fused-ring (bicyclic) bond motifs is 1. The zero-order chi connectivity index (χ0) is 17.8. The predicted octanol–water partition coefficient (Wildman–Crippen LogP) is 3.76. The fourth-order valence-corrected chi connectivity index (χ4v) is 3.24. The Morgan fingerprint density at radius 2 is 1.96 bits per heavy atom. The van der Waals surface area contributed by atoms with E-state index in [-0.39, 0.29) is 5.91 Å². The van der Waals surface area contributed by atoms with Crippen LogP contribution in [0.2, 0.25) is 0 Å². The highest BCUT2D eigenvalue weighted by molar-refractivity contribution is 9.10. The van der Waals surface area contributed by atoms with E-state index in [1.54, 1.807) is 12.4 Å². The lowest BCUT2D eigenvalue weighted by Crippen LogP contribution is -2.34. The van der Waals surface area contributed by atoms with Gasteiger partial charge in [-0.3, -0.25) is 14.2 Å². The van der Waals surface area contributed by atoms with Crippen molar-refractivity contribution in [1.82, 2.24) is 19.3 Å². The monoisotopic (exact) mass is 400 g/mol. The number of carbonyl (C=O) groups is 1. The van der Waals surface area contributed by atoms with Crippen molar-refractivity contribution in [3.8, 4) is 0 Å². The SMILES string of the molecule is CCc1nc2ccc(Br)cn2c1C(=O)N(CC)CCc1ccncc1. The van der Waals surface area contributed by atoms with Crippen molar-refractivity contribution in [3.05, 3.63) is 64.3 Å². The summed E-state index contributed by atoms with van der Waals surface area (Å²) in [5.41, 5.74) is 3.48. The summed E-state index contributed by atoms with van der Waals surface area (Å²) in [5.74, 6) is 0.0269. The van der Waals surface area contributed by atoms with Gasteiger partial charge in [0.2, 0.25) is 0 Å². The van der Waals surface area contributed by atoms with Crippen LogP contribution in [0.15, 0.2) is 47.3 Å². The van der Waals surface area contributed by atoms with Gasteiger partial charge in [-0.1, -0.05) is 6.92 Å². The zero-order valence-electron chi connectivity index (χ0n) is 14.4. The standard InChI is InChI=1S/C19H21BrN4O/c1-3-16-18(24-13-15(20)5-6-17(24)22-16)19(25)23(4-2)12-9-14-7-10-21-11-8-14/h5-8,10-11,13H,3-4,9,12H2,1-2H3. The lowest BCUT2D eigenvalue weighted by molar-refractivity contribution is 0.0758. The van der Waals surface area contributed by atoms with Crippen LogP contribution in [0.3, 0.4) is 0 Å². The van der Waals surface area contributed by atoms with Crippen LogP contribution in [0.25, 0.3) is 5.65 Å². The van der Waals surface area contributed by atoms with Crippen molar-refractivity contribution in [2.24, 2.45) is 0 Å². The quantitative estimate of drug-likeness (QED) is 0.632. The highest BCUT2D eigenvalue weighted by atomic mass is 79.9. The highest BCUT2D eigenvalue weighted by Gasteiger charge is 2.22. The largest absolute Gasteiger partial charge is 0.337 e. The van der Waals surface area contributed by atoms with Crippen molar-refractivity contribution in [2.45, 2.75) is 26.7 Å². The summed E-state index contributed by atoms with van der Waals surface area (Å²) in [5, 5.41) is 0. The van der Waals surface area contributed by atoms with Crippen LogP contribution in [-0.4, -0.2) is 38.3 Å². The molecule has 5 nitrogen and oxygen atoms in total. The average Bonchev–Trinajstić information content (AvgIpc) is 3.00. The molecule has 0 aromatic carbocycles. The Morgan fingerprint density at radius 3 is 2.64 bits per heavy atom. The maximum absolute atomic E-state index is 13.2. The normalized spacial score (nSPS) is 11.0. The molecule has 0 bridgehead atoms. The van der Waals surface area contributed by atoms with E-state index in [9.17, 15) is 4.79 Å². The highest BCUT2D eigenvalue weighted by Crippen LogP contribution is 2.19. The van der Waals surface area contributed by atoms with E-state index in [1.807, 2.05) is 53.6 Å². The van der Waals surface area contributed by atoms with E-state index in [0.29, 0.717) is 18.8 Å². The molecule has 0 unspecified atom stereocenters. The molecular formula is C19H21BrN4O. The Kier molecular flexibility index (Phi) is 5.48. The predicted molar refractivity (Wildman–Crippen MR) is 102 cm³/mol. The number of amides is 1. The van der Waals surface area contributed by atoms with Crippen LogP contribution < -0.4 is 0 Å². The molecule has 0 fully saturated rings. The Balaban J connectivity index is 1.89. The number of halogens is 1. The van der Waals surface area contributed by atoms with Crippen LogP contribution in [0.1, 0.15) is 35.6 Å². The summed E-state index contributed by atoms with van der Waals surface area (Å²) in [6.45, 7) is 5.37. The van der Waals surface area contributed by atoms with Gasteiger partial charge in [0.15, 0.2) is 0 Å². The number of hydrogen-bond donors (Lipinski definition) is 0. The molecule has 0 aliphatic heterocycles. The van der Waals surface area contributed by atoms with E-state index in [4.69, 9.17) is 0 Å². The molecule has 3 rings (SSSR count). The number of pyridine rings is 2. The molecule has 0 aliphatic carbocycles. The number of nitrogens with zero attached hydrogens (tertiary/aromatic N) is 4. The van der Waals surface area contributed by atoms with Crippen molar-refractivity contribution in [1.29, 1.82) is 0 Å². The fourth-order valence-electron chi connectivity index (χ4n) is 2.91. The lowest BCUT2D eigenvalue weighted by Gasteiger charge is -2.21. The third-order valence-corrected chi connectivity index (χ3v) is 4.75. The smallest absolute Gasteiger partial charge is 0.272 e. The minimum atomic E-state index is 0.0269. The van der Waals surface area contributed by atoms with Gasteiger partial charge in [-0.2, -0.15) is 0 Å². The molecule has 0 N–H and O–H groups in total. The van der Waals surface area contributed by atoms with Gasteiger partial charge in [0.1, 0.15) is 11.3 Å². The molecule has 3 heterocycles. The van der Waals surface area contributed by atoms with Crippen molar-refractivity contribution < 1.29 is 4.79 Å². The van der Waals surface area contributed by atoms with Crippen LogP contribution in [-0.2, 0) is 12.8 Å². The molecule has 0 atom stereocenters. The molecule has 0 saturated carbocycles. The van der Waals surface area contributed by atoms with Gasteiger partial charge in [0, 0.05) is 36.2 Å². The lowest BCUT2D eigenvalue weighted by atomic mass is 10.1. The van der Waals surface area contributed by atoms with E-state index < -0.39 is 0 Å². The van der Waals surface area contributed by atoms with Crippen molar-refractivity contribution >= 4 is 27.5 Å². The molecule has 0 aliphatic rings. The summed E-state index contributed by atoms with van der Waals surface area (Å²) in [6, 6.07) is 7.84. The van der Waals surface area contributed by atoms with Gasteiger partial charge in [0.05, 0.1) is 5.69 Å². The van der Waals surface area contributed by atoms with Crippen molar-refractivity contribution in [3.63, 3.8) is 0 Å². The molecule has 0 saturated heterocycles. The fraction of sp³-hybridized carbons (Fsp3) is 0.316. The minimum Gasteiger partial charge on any atom is -0.337 e. The number of carbonyl (C=O) groups excluding carboxylic acids is 1. The Morgan fingerprint density at radius 1 is 1.20 bits per heavy atom. The minimum absolute atomic E-state index is 0.0269. The zero-order valence-corrected chi connectivity index (χ0v) is 16.0. The molecule has 25 heavy (non-hydrogen) atoms. The van der Waals surface area contributed by atoms with Crippen LogP contribution in [0.5, 0.6) is 0 Å². The molecule has 130 valence electrons. The van der Waals surface area contributed by atoms with Gasteiger partial charge in [0.25, 0.3) is 5.91 Å². The van der Waals surface area contributed by atoms with Crippen LogP contribution in [0.4, 0.5) is 0 Å². The molecule has 3 aromatic rings. The topological polar surface area (TPSA) is 50.5 Å². The third-order valence-electron chi connectivity index (χ3n) is 4.28. The summed E-state index contributed by atoms with van der Waals surface area (Å²) in [4.78, 5) is 23.7. The maximum Gasteiger partial charge on any atom is 0.272 e. The Bertz CT molecular complexity index is 876. The van der Waals surface area contributed by atoms with Crippen LogP contribution in [0, 0.1) is 0 Å². The molecule has 0 radical (unpaired) electrons. The number of aryl methyl sites for hydroxylation is 1. The van der Waals surface area contributed by atoms with E-state index in [0.717, 1.165) is 28.7 Å². The average molecular weight is 401 g/mol. The molecule has 3 aromatic heterocycles. The first-order valence-corrected chi connectivity index (χ1v) is 9.28. The van der Waals surface area contributed by atoms with Gasteiger partial charge in [-0.25, -0.2) is 4.98 Å². The number of likely N-dealkylation sites (N-methyl/N-ethyl adjacent to an activating group) is 1. The first-order valence-electron chi connectivity index (χ1n) is 8.48. The molecule has 6 heteroatoms. The number of rotatable bonds is 6. The second kappa shape index (κ2) is 7.78.